The van der Waals surface area contributed by atoms with Crippen LogP contribution in [0.15, 0.2) is 0 Å². The SMILES string of the molecule is C#CCC(C)(O)C(C)(C)C. The van der Waals surface area contributed by atoms with Crippen LogP contribution < -0.4 is 0 Å². The molecule has 10 heavy (non-hydrogen) atoms. The van der Waals surface area contributed by atoms with E-state index in [4.69, 9.17) is 6.42 Å². The molecule has 1 atom stereocenters. The Kier molecular flexibility index (Phi) is 2.51. The summed E-state index contributed by atoms with van der Waals surface area (Å²) in [6.07, 6.45) is 5.51. The first kappa shape index (κ1) is 9.52. The third kappa shape index (κ3) is 2.04. The van der Waals surface area contributed by atoms with Crippen LogP contribution in [-0.4, -0.2) is 10.7 Å². The summed E-state index contributed by atoms with van der Waals surface area (Å²) >= 11 is 0. The molecule has 1 N–H and O–H groups in total. The quantitative estimate of drug-likeness (QED) is 0.551. The number of hydrogen-bond acceptors (Lipinski definition) is 1. The van der Waals surface area contributed by atoms with Crippen LogP contribution in [0.4, 0.5) is 0 Å². The van der Waals surface area contributed by atoms with Crippen molar-refractivity contribution in [1.29, 1.82) is 0 Å². The van der Waals surface area contributed by atoms with Crippen molar-refractivity contribution in [1.82, 2.24) is 0 Å². The van der Waals surface area contributed by atoms with Crippen molar-refractivity contribution in [2.75, 3.05) is 0 Å². The molecule has 0 heterocycles. The lowest BCUT2D eigenvalue weighted by molar-refractivity contribution is -0.0364. The predicted molar refractivity (Wildman–Crippen MR) is 43.5 cm³/mol. The van der Waals surface area contributed by atoms with Gasteiger partial charge in [0.2, 0.25) is 0 Å². The van der Waals surface area contributed by atoms with Crippen LogP contribution in [0.25, 0.3) is 0 Å². The molecule has 58 valence electrons. The van der Waals surface area contributed by atoms with Crippen LogP contribution >= 0.6 is 0 Å². The molecule has 0 aromatic carbocycles. The summed E-state index contributed by atoms with van der Waals surface area (Å²) < 4.78 is 0. The molecular weight excluding hydrogens is 124 g/mol. The maximum atomic E-state index is 9.71. The van der Waals surface area contributed by atoms with Gasteiger partial charge in [-0.05, 0) is 12.3 Å². The molecule has 1 unspecified atom stereocenters. The van der Waals surface area contributed by atoms with Crippen molar-refractivity contribution in [2.24, 2.45) is 5.41 Å². The summed E-state index contributed by atoms with van der Waals surface area (Å²) in [6.45, 7) is 7.70. The molecule has 0 saturated carbocycles. The average Bonchev–Trinajstić information content (AvgIpc) is 1.61. The first-order valence-electron chi connectivity index (χ1n) is 3.47. The van der Waals surface area contributed by atoms with Gasteiger partial charge in [0.15, 0.2) is 0 Å². The Hall–Kier alpha value is -0.480. The Morgan fingerprint density at radius 2 is 1.70 bits per heavy atom. The summed E-state index contributed by atoms with van der Waals surface area (Å²) in [7, 11) is 0. The number of aliphatic hydroxyl groups is 1. The van der Waals surface area contributed by atoms with E-state index in [1.807, 2.05) is 20.8 Å². The molecule has 1 heteroatoms. The van der Waals surface area contributed by atoms with Gasteiger partial charge in [0.25, 0.3) is 0 Å². The van der Waals surface area contributed by atoms with Crippen LogP contribution in [0.5, 0.6) is 0 Å². The Balaban J connectivity index is 4.28. The van der Waals surface area contributed by atoms with E-state index < -0.39 is 5.60 Å². The highest BCUT2D eigenvalue weighted by atomic mass is 16.3. The fourth-order valence-corrected chi connectivity index (χ4v) is 0.464. The maximum absolute atomic E-state index is 9.71. The first-order chi connectivity index (χ1) is 4.31. The Labute approximate surface area is 63.5 Å². The minimum Gasteiger partial charge on any atom is -0.389 e. The number of terminal acetylenes is 1. The van der Waals surface area contributed by atoms with E-state index in [1.165, 1.54) is 0 Å². The molecule has 0 amide bonds. The van der Waals surface area contributed by atoms with Crippen molar-refractivity contribution in [3.8, 4) is 12.3 Å². The van der Waals surface area contributed by atoms with E-state index in [9.17, 15) is 5.11 Å². The van der Waals surface area contributed by atoms with Crippen molar-refractivity contribution >= 4 is 0 Å². The van der Waals surface area contributed by atoms with Crippen molar-refractivity contribution in [3.63, 3.8) is 0 Å². The average molecular weight is 140 g/mol. The van der Waals surface area contributed by atoms with Gasteiger partial charge in [-0.25, -0.2) is 0 Å². The third-order valence-corrected chi connectivity index (χ3v) is 2.06. The van der Waals surface area contributed by atoms with E-state index >= 15 is 0 Å². The molecule has 0 aliphatic heterocycles. The molecule has 0 fully saturated rings. The summed E-state index contributed by atoms with van der Waals surface area (Å²) in [5.74, 6) is 2.46. The molecule has 0 aromatic heterocycles. The molecule has 0 radical (unpaired) electrons. The zero-order chi connectivity index (χ0) is 8.41. The fraction of sp³-hybridized carbons (Fsp3) is 0.778. The van der Waals surface area contributed by atoms with Gasteiger partial charge in [0.05, 0.1) is 5.60 Å². The van der Waals surface area contributed by atoms with Crippen LogP contribution in [0.2, 0.25) is 0 Å². The molecule has 1 nitrogen and oxygen atoms in total. The Morgan fingerprint density at radius 3 is 1.80 bits per heavy atom. The van der Waals surface area contributed by atoms with Gasteiger partial charge in [-0.1, -0.05) is 20.8 Å². The summed E-state index contributed by atoms with van der Waals surface area (Å²) in [4.78, 5) is 0. The zero-order valence-corrected chi connectivity index (χ0v) is 7.23. The van der Waals surface area contributed by atoms with Gasteiger partial charge in [0.1, 0.15) is 0 Å². The molecule has 0 saturated heterocycles. The van der Waals surface area contributed by atoms with E-state index in [0.29, 0.717) is 6.42 Å². The van der Waals surface area contributed by atoms with Gasteiger partial charge in [-0.3, -0.25) is 0 Å². The summed E-state index contributed by atoms with van der Waals surface area (Å²) in [6, 6.07) is 0. The first-order valence-corrected chi connectivity index (χ1v) is 3.47. The highest BCUT2D eigenvalue weighted by Crippen LogP contribution is 2.31. The lowest BCUT2D eigenvalue weighted by atomic mass is 9.76. The van der Waals surface area contributed by atoms with E-state index in [2.05, 4.69) is 5.92 Å². The topological polar surface area (TPSA) is 20.2 Å². The van der Waals surface area contributed by atoms with Gasteiger partial charge in [-0.2, -0.15) is 0 Å². The molecule has 0 aliphatic carbocycles. The van der Waals surface area contributed by atoms with Gasteiger partial charge in [-0.15, -0.1) is 12.3 Å². The van der Waals surface area contributed by atoms with Gasteiger partial charge < -0.3 is 5.11 Å². The molecule has 0 bridgehead atoms. The molecule has 0 spiro atoms. The van der Waals surface area contributed by atoms with Crippen LogP contribution in [0.1, 0.15) is 34.1 Å². The van der Waals surface area contributed by atoms with E-state index in [1.54, 1.807) is 6.92 Å². The predicted octanol–water partition coefficient (Wildman–Crippen LogP) is 1.81. The van der Waals surface area contributed by atoms with Crippen LogP contribution in [0, 0.1) is 17.8 Å². The van der Waals surface area contributed by atoms with Crippen LogP contribution in [0.3, 0.4) is 0 Å². The monoisotopic (exact) mass is 140 g/mol. The number of rotatable bonds is 1. The largest absolute Gasteiger partial charge is 0.389 e. The highest BCUT2D eigenvalue weighted by molar-refractivity contribution is 4.98. The normalized spacial score (nSPS) is 17.6. The van der Waals surface area contributed by atoms with Crippen molar-refractivity contribution < 1.29 is 5.11 Å². The summed E-state index contributed by atoms with van der Waals surface area (Å²) in [5, 5.41) is 9.71. The van der Waals surface area contributed by atoms with E-state index in [-0.39, 0.29) is 5.41 Å². The Morgan fingerprint density at radius 1 is 1.30 bits per heavy atom. The second-order valence-electron chi connectivity index (χ2n) is 3.90. The number of hydrogen-bond donors (Lipinski definition) is 1. The second-order valence-corrected chi connectivity index (χ2v) is 3.90. The molecule has 0 rings (SSSR count). The smallest absolute Gasteiger partial charge is 0.0776 e. The lowest BCUT2D eigenvalue weighted by Crippen LogP contribution is -2.39. The maximum Gasteiger partial charge on any atom is 0.0776 e. The third-order valence-electron chi connectivity index (χ3n) is 2.06. The molecule has 0 aliphatic rings. The van der Waals surface area contributed by atoms with Crippen LogP contribution in [-0.2, 0) is 0 Å². The van der Waals surface area contributed by atoms with Gasteiger partial charge >= 0.3 is 0 Å². The van der Waals surface area contributed by atoms with Crippen molar-refractivity contribution in [3.05, 3.63) is 0 Å². The lowest BCUT2D eigenvalue weighted by Gasteiger charge is -2.35. The minimum absolute atomic E-state index is 0.140. The fourth-order valence-electron chi connectivity index (χ4n) is 0.464. The molecule has 0 aromatic rings. The Bertz CT molecular complexity index is 143. The van der Waals surface area contributed by atoms with Crippen molar-refractivity contribution in [2.45, 2.75) is 39.7 Å². The highest BCUT2D eigenvalue weighted by Gasteiger charge is 2.33. The minimum atomic E-state index is -0.748. The van der Waals surface area contributed by atoms with Gasteiger partial charge in [0, 0.05) is 6.42 Å². The van der Waals surface area contributed by atoms with E-state index in [0.717, 1.165) is 0 Å². The second kappa shape index (κ2) is 2.64. The zero-order valence-electron chi connectivity index (χ0n) is 7.23. The standard InChI is InChI=1S/C9H16O/c1-6-7-9(5,10)8(2,3)4/h1,10H,7H2,2-5H3. The molecular formula is C9H16O. The summed E-state index contributed by atoms with van der Waals surface area (Å²) in [5.41, 5.74) is -0.888.